The molecule has 3 heteroatoms. The molecule has 0 spiro atoms. The topological polar surface area (TPSA) is 29.1 Å². The maximum Gasteiger partial charge on any atom is 0.238 e. The zero-order valence-corrected chi connectivity index (χ0v) is 8.99. The summed E-state index contributed by atoms with van der Waals surface area (Å²) in [5, 5.41) is 3.54. The number of hydrogen-bond acceptors (Lipinski definition) is 2. The Morgan fingerprint density at radius 3 is 2.17 bits per heavy atom. The Kier molecular flexibility index (Phi) is 5.06. The van der Waals surface area contributed by atoms with Gasteiger partial charge in [0.25, 0.3) is 0 Å². The van der Waals surface area contributed by atoms with Crippen molar-refractivity contribution in [1.82, 2.24) is 5.32 Å². The van der Waals surface area contributed by atoms with Crippen molar-refractivity contribution in [2.75, 3.05) is 0 Å². The predicted molar refractivity (Wildman–Crippen MR) is 54.8 cm³/mol. The zero-order chi connectivity index (χ0) is 9.72. The Balaban J connectivity index is 0.000000561. The van der Waals surface area contributed by atoms with Gasteiger partial charge in [-0.3, -0.25) is 4.79 Å². The van der Waals surface area contributed by atoms with Gasteiger partial charge >= 0.3 is 0 Å². The SMILES string of the molecule is C=C1NC(=O)C(C(C)C)S1.CC. The Bertz CT molecular complexity index is 177. The average molecular weight is 187 g/mol. The van der Waals surface area contributed by atoms with Crippen molar-refractivity contribution in [2.24, 2.45) is 5.92 Å². The minimum atomic E-state index is 0.0764. The maximum absolute atomic E-state index is 11.0. The Hall–Kier alpha value is -0.440. The van der Waals surface area contributed by atoms with Gasteiger partial charge in [-0.15, -0.1) is 0 Å². The molecule has 1 rings (SSSR count). The van der Waals surface area contributed by atoms with Gasteiger partial charge in [0.05, 0.1) is 10.3 Å². The summed E-state index contributed by atoms with van der Waals surface area (Å²) >= 11 is 1.53. The molecule has 1 aliphatic rings. The monoisotopic (exact) mass is 187 g/mol. The van der Waals surface area contributed by atoms with Gasteiger partial charge in [0.1, 0.15) is 0 Å². The summed E-state index contributed by atoms with van der Waals surface area (Å²) in [5.41, 5.74) is 0. The van der Waals surface area contributed by atoms with Crippen LogP contribution in [0.15, 0.2) is 11.6 Å². The molecule has 1 heterocycles. The van der Waals surface area contributed by atoms with E-state index >= 15 is 0 Å². The van der Waals surface area contributed by atoms with E-state index in [9.17, 15) is 4.79 Å². The van der Waals surface area contributed by atoms with Crippen molar-refractivity contribution in [1.29, 1.82) is 0 Å². The molecule has 1 unspecified atom stereocenters. The third-order valence-corrected chi connectivity index (χ3v) is 2.79. The van der Waals surface area contributed by atoms with Crippen LogP contribution in [0.2, 0.25) is 0 Å². The van der Waals surface area contributed by atoms with Crippen LogP contribution in [-0.4, -0.2) is 11.2 Å². The van der Waals surface area contributed by atoms with E-state index in [1.54, 1.807) is 0 Å². The molecule has 0 saturated carbocycles. The third-order valence-electron chi connectivity index (χ3n) is 1.40. The van der Waals surface area contributed by atoms with Gasteiger partial charge in [-0.2, -0.15) is 0 Å². The lowest BCUT2D eigenvalue weighted by Crippen LogP contribution is -2.25. The number of hydrogen-bond donors (Lipinski definition) is 1. The molecule has 0 aromatic rings. The molecule has 1 aliphatic heterocycles. The minimum Gasteiger partial charge on any atom is -0.320 e. The molecule has 1 N–H and O–H groups in total. The van der Waals surface area contributed by atoms with Gasteiger partial charge < -0.3 is 5.32 Å². The van der Waals surface area contributed by atoms with Gasteiger partial charge in [0.2, 0.25) is 5.91 Å². The van der Waals surface area contributed by atoms with Crippen LogP contribution in [0.4, 0.5) is 0 Å². The van der Waals surface area contributed by atoms with Gasteiger partial charge in [-0.05, 0) is 5.92 Å². The van der Waals surface area contributed by atoms with Crippen LogP contribution in [0.3, 0.4) is 0 Å². The fraction of sp³-hybridized carbons (Fsp3) is 0.667. The number of nitrogens with one attached hydrogen (secondary N) is 1. The van der Waals surface area contributed by atoms with E-state index in [0.29, 0.717) is 5.92 Å². The second kappa shape index (κ2) is 5.25. The average Bonchev–Trinajstić information content (AvgIpc) is 2.34. The van der Waals surface area contributed by atoms with E-state index in [-0.39, 0.29) is 11.2 Å². The van der Waals surface area contributed by atoms with Crippen LogP contribution in [0.25, 0.3) is 0 Å². The Labute approximate surface area is 78.8 Å². The molecular formula is C9H17NOS. The normalized spacial score (nSPS) is 21.9. The summed E-state index contributed by atoms with van der Waals surface area (Å²) in [6.45, 7) is 11.7. The molecule has 2 nitrogen and oxygen atoms in total. The van der Waals surface area contributed by atoms with Crippen LogP contribution >= 0.6 is 11.8 Å². The summed E-state index contributed by atoms with van der Waals surface area (Å²) in [4.78, 5) is 11.0. The highest BCUT2D eigenvalue weighted by molar-refractivity contribution is 8.04. The molecule has 70 valence electrons. The summed E-state index contributed by atoms with van der Waals surface area (Å²) in [5.74, 6) is 0.495. The maximum atomic E-state index is 11.0. The standard InChI is InChI=1S/C7H11NOS.C2H6/c1-4(2)6-7(9)8-5(3)10-6;1-2/h4,6H,3H2,1-2H3,(H,8,9);1-2H3. The van der Waals surface area contributed by atoms with Gasteiger partial charge in [0, 0.05) is 0 Å². The molecule has 0 radical (unpaired) electrons. The second-order valence-electron chi connectivity index (χ2n) is 2.69. The van der Waals surface area contributed by atoms with Crippen molar-refractivity contribution < 1.29 is 4.79 Å². The van der Waals surface area contributed by atoms with Crippen molar-refractivity contribution >= 4 is 17.7 Å². The van der Waals surface area contributed by atoms with E-state index in [1.807, 2.05) is 27.7 Å². The Morgan fingerprint density at radius 2 is 2.00 bits per heavy atom. The second-order valence-corrected chi connectivity index (χ2v) is 3.93. The Morgan fingerprint density at radius 1 is 1.50 bits per heavy atom. The first kappa shape index (κ1) is 11.6. The van der Waals surface area contributed by atoms with Crippen LogP contribution < -0.4 is 5.32 Å². The number of amides is 1. The molecule has 1 amide bonds. The third kappa shape index (κ3) is 2.89. The number of thioether (sulfide) groups is 1. The van der Waals surface area contributed by atoms with Gasteiger partial charge in [-0.1, -0.05) is 46.0 Å². The van der Waals surface area contributed by atoms with E-state index in [1.165, 1.54) is 11.8 Å². The molecule has 0 bridgehead atoms. The summed E-state index contributed by atoms with van der Waals surface area (Å²) in [6.07, 6.45) is 0. The fourth-order valence-electron chi connectivity index (χ4n) is 0.884. The summed E-state index contributed by atoms with van der Waals surface area (Å²) < 4.78 is 0. The lowest BCUT2D eigenvalue weighted by atomic mass is 10.1. The molecule has 1 fully saturated rings. The van der Waals surface area contributed by atoms with Crippen LogP contribution in [0.1, 0.15) is 27.7 Å². The van der Waals surface area contributed by atoms with E-state index in [4.69, 9.17) is 0 Å². The zero-order valence-electron chi connectivity index (χ0n) is 8.18. The number of rotatable bonds is 1. The van der Waals surface area contributed by atoms with Crippen LogP contribution in [-0.2, 0) is 4.79 Å². The lowest BCUT2D eigenvalue weighted by molar-refractivity contribution is -0.119. The summed E-state index contributed by atoms with van der Waals surface area (Å²) in [6, 6.07) is 0. The molecular weight excluding hydrogens is 170 g/mol. The van der Waals surface area contributed by atoms with E-state index in [2.05, 4.69) is 11.9 Å². The predicted octanol–water partition coefficient (Wildman–Crippen LogP) is 2.37. The molecule has 0 aromatic carbocycles. The van der Waals surface area contributed by atoms with Crippen molar-refractivity contribution in [3.63, 3.8) is 0 Å². The highest BCUT2D eigenvalue weighted by atomic mass is 32.2. The quantitative estimate of drug-likeness (QED) is 0.683. The highest BCUT2D eigenvalue weighted by Gasteiger charge is 2.29. The molecule has 12 heavy (non-hydrogen) atoms. The van der Waals surface area contributed by atoms with Gasteiger partial charge in [0.15, 0.2) is 0 Å². The molecule has 1 atom stereocenters. The largest absolute Gasteiger partial charge is 0.320 e. The molecule has 0 aliphatic carbocycles. The molecule has 1 saturated heterocycles. The first-order chi connectivity index (χ1) is 5.61. The highest BCUT2D eigenvalue weighted by Crippen LogP contribution is 2.30. The first-order valence-corrected chi connectivity index (χ1v) is 5.15. The van der Waals surface area contributed by atoms with E-state index in [0.717, 1.165) is 5.03 Å². The van der Waals surface area contributed by atoms with Crippen LogP contribution in [0, 0.1) is 5.92 Å². The van der Waals surface area contributed by atoms with Crippen molar-refractivity contribution in [2.45, 2.75) is 32.9 Å². The smallest absolute Gasteiger partial charge is 0.238 e. The fourth-order valence-corrected chi connectivity index (χ4v) is 1.79. The van der Waals surface area contributed by atoms with Gasteiger partial charge in [-0.25, -0.2) is 0 Å². The van der Waals surface area contributed by atoms with Crippen molar-refractivity contribution in [3.8, 4) is 0 Å². The summed E-state index contributed by atoms with van der Waals surface area (Å²) in [7, 11) is 0. The van der Waals surface area contributed by atoms with Crippen LogP contribution in [0.5, 0.6) is 0 Å². The minimum absolute atomic E-state index is 0.0764. The molecule has 0 aromatic heterocycles. The number of carbonyl (C=O) groups is 1. The van der Waals surface area contributed by atoms with E-state index < -0.39 is 0 Å². The number of carbonyl (C=O) groups excluding carboxylic acids is 1. The first-order valence-electron chi connectivity index (χ1n) is 4.27. The van der Waals surface area contributed by atoms with Crippen molar-refractivity contribution in [3.05, 3.63) is 11.6 Å². The lowest BCUT2D eigenvalue weighted by Gasteiger charge is -2.07.